The molecule has 0 aliphatic carbocycles. The summed E-state index contributed by atoms with van der Waals surface area (Å²) in [6, 6.07) is 9.24. The molecule has 2 aromatic rings. The van der Waals surface area contributed by atoms with E-state index >= 15 is 0 Å². The van der Waals surface area contributed by atoms with E-state index in [0.717, 1.165) is 23.2 Å². The van der Waals surface area contributed by atoms with Gasteiger partial charge in [0.25, 0.3) is 0 Å². The second kappa shape index (κ2) is 7.36. The number of fused-ring (bicyclic) bond motifs is 2. The lowest BCUT2D eigenvalue weighted by Gasteiger charge is -2.19. The molecule has 27 heavy (non-hydrogen) atoms. The zero-order chi connectivity index (χ0) is 18.8. The van der Waals surface area contributed by atoms with Gasteiger partial charge in [-0.3, -0.25) is 4.79 Å². The molecule has 0 spiro atoms. The van der Waals surface area contributed by atoms with Crippen LogP contribution in [0.4, 0.5) is 0 Å². The number of likely N-dealkylation sites (N-methyl/N-ethyl adjacent to an activating group) is 1. The van der Waals surface area contributed by atoms with Crippen LogP contribution in [0.2, 0.25) is 0 Å². The van der Waals surface area contributed by atoms with E-state index < -0.39 is 11.9 Å². The van der Waals surface area contributed by atoms with Gasteiger partial charge >= 0.3 is 5.97 Å². The van der Waals surface area contributed by atoms with Crippen molar-refractivity contribution in [3.05, 3.63) is 47.0 Å². The number of hydrogen-bond acceptors (Lipinski definition) is 6. The van der Waals surface area contributed by atoms with Gasteiger partial charge in [0, 0.05) is 0 Å². The van der Waals surface area contributed by atoms with E-state index in [1.54, 1.807) is 6.07 Å². The maximum absolute atomic E-state index is 12.2. The Kier molecular flexibility index (Phi) is 4.77. The Morgan fingerprint density at radius 3 is 2.59 bits per heavy atom. The summed E-state index contributed by atoms with van der Waals surface area (Å²) in [7, 11) is 1.87. The number of ether oxygens (including phenoxy) is 4. The van der Waals surface area contributed by atoms with Crippen LogP contribution >= 0.6 is 0 Å². The Morgan fingerprint density at radius 1 is 1.07 bits per heavy atom. The maximum atomic E-state index is 12.2. The van der Waals surface area contributed by atoms with Crippen molar-refractivity contribution in [2.24, 2.45) is 0 Å². The number of para-hydroxylation sites is 1. The van der Waals surface area contributed by atoms with E-state index in [9.17, 15) is 9.90 Å². The van der Waals surface area contributed by atoms with E-state index in [2.05, 4.69) is 5.32 Å². The molecule has 2 heterocycles. The molecule has 2 aliphatic heterocycles. The Balaban J connectivity index is 1.72. The zero-order valence-corrected chi connectivity index (χ0v) is 15.0. The summed E-state index contributed by atoms with van der Waals surface area (Å²) in [5.41, 5.74) is 2.49. The summed E-state index contributed by atoms with van der Waals surface area (Å²) in [5.74, 6) is 0.894. The first kappa shape index (κ1) is 17.5. The van der Waals surface area contributed by atoms with E-state index in [1.807, 2.05) is 31.3 Å². The fraction of sp³-hybridized carbons (Fsp3) is 0.350. The van der Waals surface area contributed by atoms with Gasteiger partial charge in [0.1, 0.15) is 0 Å². The summed E-state index contributed by atoms with van der Waals surface area (Å²) < 4.78 is 21.9. The monoisotopic (exact) mass is 371 g/mol. The molecule has 4 rings (SSSR count). The minimum atomic E-state index is -0.893. The third-order valence-electron chi connectivity index (χ3n) is 4.85. The first-order chi connectivity index (χ1) is 13.2. The van der Waals surface area contributed by atoms with Crippen LogP contribution in [-0.2, 0) is 17.6 Å². The van der Waals surface area contributed by atoms with Crippen molar-refractivity contribution in [2.75, 3.05) is 27.2 Å². The molecule has 1 unspecified atom stereocenters. The van der Waals surface area contributed by atoms with Crippen LogP contribution in [0, 0.1) is 0 Å². The fourth-order valence-electron chi connectivity index (χ4n) is 3.50. The molecule has 142 valence electrons. The molecule has 0 fully saturated rings. The number of rotatable bonds is 7. The molecule has 0 amide bonds. The van der Waals surface area contributed by atoms with Crippen LogP contribution in [-0.4, -0.2) is 38.3 Å². The SMILES string of the molecule is CNCCc1cc2c(cc1C(Cc1cccc3c1OCO3)C(=O)O)OCO2. The number of hydrogen-bond donors (Lipinski definition) is 2. The lowest BCUT2D eigenvalue weighted by molar-refractivity contribution is -0.138. The molecule has 0 aromatic heterocycles. The standard InChI is InChI=1S/C20H21NO6/c1-21-6-5-12-8-17-18(26-10-25-17)9-14(12)15(20(22)23)7-13-3-2-4-16-19(13)27-11-24-16/h2-4,8-9,15,21H,5-7,10-11H2,1H3,(H,22,23). The lowest BCUT2D eigenvalue weighted by Crippen LogP contribution is -2.18. The predicted octanol–water partition coefficient (Wildman–Crippen LogP) is 2.32. The van der Waals surface area contributed by atoms with Gasteiger partial charge in [-0.2, -0.15) is 0 Å². The molecule has 0 bridgehead atoms. The number of aliphatic carboxylic acids is 1. The fourth-order valence-corrected chi connectivity index (χ4v) is 3.50. The van der Waals surface area contributed by atoms with Gasteiger partial charge in [-0.15, -0.1) is 0 Å². The molecule has 1 atom stereocenters. The molecule has 2 N–H and O–H groups in total. The van der Waals surface area contributed by atoms with Gasteiger partial charge in [0.2, 0.25) is 13.6 Å². The van der Waals surface area contributed by atoms with Crippen LogP contribution in [0.3, 0.4) is 0 Å². The first-order valence-electron chi connectivity index (χ1n) is 8.84. The highest BCUT2D eigenvalue weighted by Crippen LogP contribution is 2.41. The van der Waals surface area contributed by atoms with Crippen molar-refractivity contribution in [3.63, 3.8) is 0 Å². The molecule has 2 aromatic carbocycles. The lowest BCUT2D eigenvalue weighted by atomic mass is 9.87. The molecular formula is C20H21NO6. The Labute approximate surface area is 156 Å². The second-order valence-corrected chi connectivity index (χ2v) is 6.50. The largest absolute Gasteiger partial charge is 0.481 e. The van der Waals surface area contributed by atoms with E-state index in [-0.39, 0.29) is 13.6 Å². The number of benzene rings is 2. The summed E-state index contributed by atoms with van der Waals surface area (Å²) in [6.45, 7) is 1.04. The molecule has 0 radical (unpaired) electrons. The van der Waals surface area contributed by atoms with Gasteiger partial charge in [0.15, 0.2) is 23.0 Å². The van der Waals surface area contributed by atoms with Gasteiger partial charge in [-0.25, -0.2) is 0 Å². The predicted molar refractivity (Wildman–Crippen MR) is 96.8 cm³/mol. The molecule has 7 heteroatoms. The minimum absolute atomic E-state index is 0.152. The van der Waals surface area contributed by atoms with Crippen LogP contribution in [0.1, 0.15) is 22.6 Å². The highest BCUT2D eigenvalue weighted by Gasteiger charge is 2.29. The molecule has 0 saturated heterocycles. The Bertz CT molecular complexity index is 866. The second-order valence-electron chi connectivity index (χ2n) is 6.50. The Hall–Kier alpha value is -2.93. The van der Waals surface area contributed by atoms with Crippen molar-refractivity contribution in [1.82, 2.24) is 5.32 Å². The summed E-state index contributed by atoms with van der Waals surface area (Å²) in [4.78, 5) is 12.2. The van der Waals surface area contributed by atoms with Crippen molar-refractivity contribution in [2.45, 2.75) is 18.8 Å². The van der Waals surface area contributed by atoms with E-state index in [4.69, 9.17) is 18.9 Å². The summed E-state index contributed by atoms with van der Waals surface area (Å²) >= 11 is 0. The smallest absolute Gasteiger partial charge is 0.311 e. The van der Waals surface area contributed by atoms with Crippen LogP contribution in [0.25, 0.3) is 0 Å². The van der Waals surface area contributed by atoms with Crippen LogP contribution in [0.5, 0.6) is 23.0 Å². The number of carboxylic acids is 1. The van der Waals surface area contributed by atoms with E-state index in [1.165, 1.54) is 0 Å². The highest BCUT2D eigenvalue weighted by atomic mass is 16.7. The maximum Gasteiger partial charge on any atom is 0.311 e. The van der Waals surface area contributed by atoms with Gasteiger partial charge in [-0.1, -0.05) is 12.1 Å². The Morgan fingerprint density at radius 2 is 1.81 bits per heavy atom. The summed E-state index contributed by atoms with van der Waals surface area (Å²) in [5, 5.41) is 13.1. The average Bonchev–Trinajstić information content (AvgIpc) is 3.32. The van der Waals surface area contributed by atoms with Crippen molar-refractivity contribution >= 4 is 5.97 Å². The first-order valence-corrected chi connectivity index (χ1v) is 8.84. The van der Waals surface area contributed by atoms with Gasteiger partial charge in [0.05, 0.1) is 5.92 Å². The van der Waals surface area contributed by atoms with Gasteiger partial charge < -0.3 is 29.4 Å². The zero-order valence-electron chi connectivity index (χ0n) is 15.0. The molecule has 0 saturated carbocycles. The molecular weight excluding hydrogens is 350 g/mol. The number of nitrogens with one attached hydrogen (secondary N) is 1. The van der Waals surface area contributed by atoms with Crippen molar-refractivity contribution < 1.29 is 28.8 Å². The quantitative estimate of drug-likeness (QED) is 0.772. The van der Waals surface area contributed by atoms with Crippen molar-refractivity contribution in [1.29, 1.82) is 0 Å². The van der Waals surface area contributed by atoms with Crippen LogP contribution in [0.15, 0.2) is 30.3 Å². The van der Waals surface area contributed by atoms with Crippen LogP contribution < -0.4 is 24.3 Å². The van der Waals surface area contributed by atoms with E-state index in [0.29, 0.717) is 35.8 Å². The van der Waals surface area contributed by atoms with Crippen molar-refractivity contribution in [3.8, 4) is 23.0 Å². The number of carbonyl (C=O) groups is 1. The van der Waals surface area contributed by atoms with Gasteiger partial charge in [-0.05, 0) is 61.3 Å². The average molecular weight is 371 g/mol. The third-order valence-corrected chi connectivity index (χ3v) is 4.85. The highest BCUT2D eigenvalue weighted by molar-refractivity contribution is 5.78. The normalized spacial score (nSPS) is 15.0. The molecule has 2 aliphatic rings. The number of carboxylic acid groups (broad SMARTS) is 1. The third kappa shape index (κ3) is 3.38. The molecule has 7 nitrogen and oxygen atoms in total. The summed E-state index contributed by atoms with van der Waals surface area (Å²) in [6.07, 6.45) is 0.993. The minimum Gasteiger partial charge on any atom is -0.481 e. The topological polar surface area (TPSA) is 86.3 Å².